The molecule has 0 aliphatic rings. The van der Waals surface area contributed by atoms with Crippen LogP contribution in [0.2, 0.25) is 16.5 Å². The molecule has 0 aliphatic carbocycles. The summed E-state index contributed by atoms with van der Waals surface area (Å²) in [6.45, 7) is 17.2. The molecule has 0 heterocycles. The Morgan fingerprint density at radius 1 is 0.440 bits per heavy atom. The molecule has 25 heavy (non-hydrogen) atoms. The molecule has 0 aliphatic heterocycles. The first-order chi connectivity index (χ1) is 10.8. The van der Waals surface area contributed by atoms with Crippen LogP contribution in [0.15, 0.2) is 0 Å². The molecule has 0 saturated carbocycles. The van der Waals surface area contributed by atoms with Gasteiger partial charge >= 0.3 is 163 Å². The van der Waals surface area contributed by atoms with E-state index in [0.717, 1.165) is 25.7 Å². The zero-order valence-electron chi connectivity index (χ0n) is 18.5. The monoisotopic (exact) mass is 434 g/mol. The molecule has 0 aromatic heterocycles. The van der Waals surface area contributed by atoms with Crippen LogP contribution in [0.3, 0.4) is 0 Å². The fourth-order valence-electron chi connectivity index (χ4n) is 3.10. The van der Waals surface area contributed by atoms with Crippen molar-refractivity contribution in [1.29, 1.82) is 0 Å². The Morgan fingerprint density at radius 2 is 0.600 bits per heavy atom. The Balaban J connectivity index is 5.41. The van der Waals surface area contributed by atoms with Gasteiger partial charge in [0, 0.05) is 0 Å². The average molecular weight is 436 g/mol. The van der Waals surface area contributed by atoms with Crippen LogP contribution in [-0.4, -0.2) is 22.2 Å². The van der Waals surface area contributed by atoms with E-state index in [9.17, 15) is 0 Å². The van der Waals surface area contributed by atoms with Crippen molar-refractivity contribution < 1.29 is 20.3 Å². The molecule has 0 aromatic carbocycles. The molecule has 0 rings (SSSR count). The van der Waals surface area contributed by atoms with Gasteiger partial charge in [-0.15, -0.1) is 0 Å². The van der Waals surface area contributed by atoms with E-state index < -0.39 is 20.3 Å². The SMILES string of the molecule is CC(C)(N)C[CH2][Zr]([CH2]CC(C)(C)N)([CH2]CC(C)(C)N)[CH2]CC(C)(C)N. The molecule has 0 saturated heterocycles. The first kappa shape index (κ1) is 25.7. The zero-order valence-corrected chi connectivity index (χ0v) is 20.9. The van der Waals surface area contributed by atoms with Crippen molar-refractivity contribution in [3.63, 3.8) is 0 Å². The van der Waals surface area contributed by atoms with Gasteiger partial charge in [0.1, 0.15) is 0 Å². The van der Waals surface area contributed by atoms with Crippen molar-refractivity contribution in [3.8, 4) is 0 Å². The van der Waals surface area contributed by atoms with Crippen molar-refractivity contribution in [2.45, 2.75) is 120 Å². The summed E-state index contributed by atoms with van der Waals surface area (Å²) in [5, 5.41) is 0. The third-order valence-corrected chi connectivity index (χ3v) is 18.1. The van der Waals surface area contributed by atoms with E-state index >= 15 is 0 Å². The predicted molar refractivity (Wildman–Crippen MR) is 111 cm³/mol. The number of hydrogen-bond donors (Lipinski definition) is 4. The Hall–Kier alpha value is 0.723. The van der Waals surface area contributed by atoms with Gasteiger partial charge in [-0.25, -0.2) is 0 Å². The molecule has 0 amide bonds. The molecule has 0 aromatic rings. The van der Waals surface area contributed by atoms with Gasteiger partial charge in [0.15, 0.2) is 0 Å². The minimum absolute atomic E-state index is 0.100. The van der Waals surface area contributed by atoms with Crippen LogP contribution in [0, 0.1) is 0 Å². The van der Waals surface area contributed by atoms with Crippen LogP contribution >= 0.6 is 0 Å². The molecule has 0 unspecified atom stereocenters. The summed E-state index contributed by atoms with van der Waals surface area (Å²) in [6.07, 6.45) is 4.41. The third kappa shape index (κ3) is 15.5. The molecular formula is C20H48N4Zr. The molecule has 0 atom stereocenters. The van der Waals surface area contributed by atoms with Crippen molar-refractivity contribution >= 4 is 0 Å². The second kappa shape index (κ2) is 9.28. The van der Waals surface area contributed by atoms with Gasteiger partial charge in [-0.3, -0.25) is 0 Å². The van der Waals surface area contributed by atoms with Gasteiger partial charge in [0.05, 0.1) is 0 Å². The fraction of sp³-hybridized carbons (Fsp3) is 1.00. The number of hydrogen-bond acceptors (Lipinski definition) is 4. The summed E-state index contributed by atoms with van der Waals surface area (Å²) >= 11 is -2.46. The van der Waals surface area contributed by atoms with E-state index in [2.05, 4.69) is 55.4 Å². The molecule has 4 nitrogen and oxygen atoms in total. The van der Waals surface area contributed by atoms with Crippen molar-refractivity contribution in [1.82, 2.24) is 0 Å². The quantitative estimate of drug-likeness (QED) is 0.366. The third-order valence-electron chi connectivity index (χ3n) is 5.20. The zero-order chi connectivity index (χ0) is 20.2. The van der Waals surface area contributed by atoms with Gasteiger partial charge < -0.3 is 0 Å². The van der Waals surface area contributed by atoms with E-state index in [1.807, 2.05) is 0 Å². The van der Waals surface area contributed by atoms with Crippen LogP contribution < -0.4 is 22.9 Å². The van der Waals surface area contributed by atoms with E-state index in [-0.39, 0.29) is 22.2 Å². The van der Waals surface area contributed by atoms with Gasteiger partial charge in [-0.1, -0.05) is 0 Å². The second-order valence-electron chi connectivity index (χ2n) is 11.5. The van der Waals surface area contributed by atoms with E-state index in [4.69, 9.17) is 22.9 Å². The van der Waals surface area contributed by atoms with Crippen molar-refractivity contribution in [3.05, 3.63) is 0 Å². The van der Waals surface area contributed by atoms with Crippen LogP contribution in [0.25, 0.3) is 0 Å². The number of nitrogens with two attached hydrogens (primary N) is 4. The van der Waals surface area contributed by atoms with E-state index in [0.29, 0.717) is 0 Å². The normalized spacial score (nSPS) is 14.9. The Bertz CT molecular complexity index is 303. The Morgan fingerprint density at radius 3 is 0.720 bits per heavy atom. The maximum atomic E-state index is 6.35. The van der Waals surface area contributed by atoms with Crippen molar-refractivity contribution in [2.24, 2.45) is 22.9 Å². The van der Waals surface area contributed by atoms with E-state index in [1.54, 1.807) is 0 Å². The Labute approximate surface area is 162 Å². The predicted octanol–water partition coefficient (Wildman–Crippen LogP) is 4.32. The molecule has 8 N–H and O–H groups in total. The summed E-state index contributed by atoms with van der Waals surface area (Å²) in [7, 11) is 0. The summed E-state index contributed by atoms with van der Waals surface area (Å²) in [6, 6.07) is 0. The topological polar surface area (TPSA) is 104 Å². The molecular weight excluding hydrogens is 387 g/mol. The van der Waals surface area contributed by atoms with Gasteiger partial charge in [0.2, 0.25) is 0 Å². The summed E-state index contributed by atoms with van der Waals surface area (Å²) in [4.78, 5) is 0. The summed E-state index contributed by atoms with van der Waals surface area (Å²) < 4.78 is 5.28. The van der Waals surface area contributed by atoms with Crippen molar-refractivity contribution in [2.75, 3.05) is 0 Å². The summed E-state index contributed by atoms with van der Waals surface area (Å²) in [5.41, 5.74) is 25.0. The second-order valence-corrected chi connectivity index (χ2v) is 23.7. The first-order valence-electron chi connectivity index (χ1n) is 9.98. The fourth-order valence-corrected chi connectivity index (χ4v) is 18.3. The molecule has 0 bridgehead atoms. The van der Waals surface area contributed by atoms with Gasteiger partial charge in [-0.05, 0) is 0 Å². The Kier molecular flexibility index (Phi) is 9.55. The maximum absolute atomic E-state index is 6.35. The molecule has 5 heteroatoms. The minimum atomic E-state index is -2.46. The van der Waals surface area contributed by atoms with Gasteiger partial charge in [-0.2, -0.15) is 0 Å². The molecule has 0 radical (unpaired) electrons. The van der Waals surface area contributed by atoms with Crippen LogP contribution in [0.4, 0.5) is 0 Å². The van der Waals surface area contributed by atoms with Crippen LogP contribution in [0.1, 0.15) is 81.1 Å². The standard InChI is InChI=1S/4C5H12N.Zr/c4*1-4-5(2,3)6;/h4*1,4,6H2,2-3H3;. The molecule has 0 fully saturated rings. The summed E-state index contributed by atoms with van der Waals surface area (Å²) in [5.74, 6) is 0. The number of rotatable bonds is 12. The molecule has 152 valence electrons. The first-order valence-corrected chi connectivity index (χ1v) is 16.9. The molecule has 0 spiro atoms. The van der Waals surface area contributed by atoms with Crippen LogP contribution in [0.5, 0.6) is 0 Å². The van der Waals surface area contributed by atoms with Gasteiger partial charge in [0.25, 0.3) is 0 Å². The van der Waals surface area contributed by atoms with Crippen LogP contribution in [-0.2, 0) is 20.3 Å². The average Bonchev–Trinajstić information content (AvgIpc) is 2.33. The van der Waals surface area contributed by atoms with E-state index in [1.165, 1.54) is 16.5 Å².